The molecule has 1 atom stereocenters. The van der Waals surface area contributed by atoms with Crippen LogP contribution < -0.4 is 21.7 Å². The summed E-state index contributed by atoms with van der Waals surface area (Å²) in [6.45, 7) is 3.40. The van der Waals surface area contributed by atoms with E-state index in [9.17, 15) is 9.59 Å². The molecule has 1 rings (SSSR count). The van der Waals surface area contributed by atoms with Crippen LogP contribution in [0.15, 0.2) is 0 Å². The first-order valence-corrected chi connectivity index (χ1v) is 8.70. The number of hydrogen-bond donors (Lipinski definition) is 4. The molecular weight excluding hydrogens is 316 g/mol. The summed E-state index contributed by atoms with van der Waals surface area (Å²) >= 11 is 0. The highest BCUT2D eigenvalue weighted by atomic mass is 35.5. The summed E-state index contributed by atoms with van der Waals surface area (Å²) < 4.78 is 0. The van der Waals surface area contributed by atoms with Gasteiger partial charge in [0.25, 0.3) is 0 Å². The zero-order chi connectivity index (χ0) is 16.2. The maximum atomic E-state index is 12.1. The number of primary amides is 1. The zero-order valence-electron chi connectivity index (χ0n) is 14.2. The first-order valence-electron chi connectivity index (χ1n) is 8.70. The normalized spacial score (nSPS) is 16.7. The molecule has 0 spiro atoms. The van der Waals surface area contributed by atoms with Crippen molar-refractivity contribution in [3.8, 4) is 0 Å². The van der Waals surface area contributed by atoms with Crippen molar-refractivity contribution in [2.75, 3.05) is 13.1 Å². The molecule has 1 saturated carbocycles. The molecule has 0 aliphatic heterocycles. The van der Waals surface area contributed by atoms with E-state index in [1.165, 1.54) is 38.5 Å². The van der Waals surface area contributed by atoms with Gasteiger partial charge in [-0.3, -0.25) is 4.79 Å². The number of hydrogen-bond acceptors (Lipinski definition) is 3. The molecule has 136 valence electrons. The molecule has 1 aliphatic rings. The van der Waals surface area contributed by atoms with Gasteiger partial charge in [0.2, 0.25) is 5.91 Å². The third-order valence-electron chi connectivity index (χ3n) is 4.19. The first kappa shape index (κ1) is 22.0. The van der Waals surface area contributed by atoms with E-state index in [2.05, 4.69) is 22.9 Å². The predicted molar refractivity (Wildman–Crippen MR) is 95.8 cm³/mol. The van der Waals surface area contributed by atoms with Crippen molar-refractivity contribution in [2.45, 2.75) is 76.8 Å². The average molecular weight is 349 g/mol. The van der Waals surface area contributed by atoms with Crippen LogP contribution in [0.2, 0.25) is 0 Å². The van der Waals surface area contributed by atoms with E-state index in [1.54, 1.807) is 0 Å². The molecule has 7 heteroatoms. The monoisotopic (exact) mass is 348 g/mol. The number of amides is 3. The predicted octanol–water partition coefficient (Wildman–Crippen LogP) is 2.06. The lowest BCUT2D eigenvalue weighted by Gasteiger charge is -2.19. The molecule has 0 radical (unpaired) electrons. The fraction of sp³-hybridized carbons (Fsp3) is 0.875. The molecule has 0 bridgehead atoms. The van der Waals surface area contributed by atoms with Gasteiger partial charge in [-0.1, -0.05) is 45.4 Å². The summed E-state index contributed by atoms with van der Waals surface area (Å²) in [4.78, 5) is 23.0. The number of nitrogens with two attached hydrogens (primary N) is 1. The van der Waals surface area contributed by atoms with Crippen LogP contribution in [0.3, 0.4) is 0 Å². The van der Waals surface area contributed by atoms with Crippen LogP contribution in [0, 0.1) is 0 Å². The quantitative estimate of drug-likeness (QED) is 0.379. The Morgan fingerprint density at radius 3 is 2.35 bits per heavy atom. The Morgan fingerprint density at radius 1 is 1.13 bits per heavy atom. The summed E-state index contributed by atoms with van der Waals surface area (Å²) in [6, 6.07) is -0.581. The second-order valence-electron chi connectivity index (χ2n) is 6.14. The van der Waals surface area contributed by atoms with Gasteiger partial charge in [-0.25, -0.2) is 4.79 Å². The van der Waals surface area contributed by atoms with Crippen molar-refractivity contribution in [3.05, 3.63) is 0 Å². The highest BCUT2D eigenvalue weighted by Gasteiger charge is 2.18. The fourth-order valence-corrected chi connectivity index (χ4v) is 2.92. The summed E-state index contributed by atoms with van der Waals surface area (Å²) in [5.41, 5.74) is 5.13. The number of halogens is 1. The van der Waals surface area contributed by atoms with E-state index in [4.69, 9.17) is 5.73 Å². The Balaban J connectivity index is 0.00000484. The number of carbonyl (C=O) groups is 2. The van der Waals surface area contributed by atoms with Crippen LogP contribution in [0.5, 0.6) is 0 Å². The minimum Gasteiger partial charge on any atom is -0.353 e. The van der Waals surface area contributed by atoms with Gasteiger partial charge in [0.05, 0.1) is 0 Å². The highest BCUT2D eigenvalue weighted by molar-refractivity contribution is 5.86. The second-order valence-corrected chi connectivity index (χ2v) is 6.14. The summed E-state index contributed by atoms with van der Waals surface area (Å²) in [5.74, 6) is -0.144. The Hall–Kier alpha value is -1.01. The van der Waals surface area contributed by atoms with Crippen LogP contribution >= 0.6 is 12.4 Å². The molecule has 0 saturated heterocycles. The van der Waals surface area contributed by atoms with Gasteiger partial charge in [0.15, 0.2) is 0 Å². The van der Waals surface area contributed by atoms with Crippen molar-refractivity contribution in [2.24, 2.45) is 5.73 Å². The molecular formula is C16H33ClN4O2. The number of urea groups is 1. The molecule has 1 aliphatic carbocycles. The molecule has 1 unspecified atom stereocenters. The van der Waals surface area contributed by atoms with E-state index in [-0.39, 0.29) is 18.3 Å². The van der Waals surface area contributed by atoms with E-state index in [0.717, 1.165) is 19.4 Å². The Labute approximate surface area is 146 Å². The molecule has 3 amide bonds. The summed E-state index contributed by atoms with van der Waals surface area (Å²) in [7, 11) is 0. The standard InChI is InChI=1S/C16H32N4O2.ClH/c1-2-3-10-14(20-16(17)22)15(21)19-12-11-18-13-8-6-4-5-7-9-13;/h13-14,18H,2-12H2,1H3,(H,19,21)(H3,17,20,22);1H. The maximum Gasteiger partial charge on any atom is 0.312 e. The van der Waals surface area contributed by atoms with Crippen LogP contribution in [0.4, 0.5) is 4.79 Å². The average Bonchev–Trinajstić information content (AvgIpc) is 2.76. The molecule has 23 heavy (non-hydrogen) atoms. The minimum absolute atomic E-state index is 0. The van der Waals surface area contributed by atoms with Gasteiger partial charge in [0, 0.05) is 19.1 Å². The molecule has 0 aromatic rings. The SMILES string of the molecule is CCCCC(NC(N)=O)C(=O)NCCNC1CCCCCC1.Cl. The summed E-state index contributed by atoms with van der Waals surface area (Å²) in [6.07, 6.45) is 10.2. The van der Waals surface area contributed by atoms with Crippen LogP contribution in [-0.4, -0.2) is 37.1 Å². The van der Waals surface area contributed by atoms with Crippen molar-refractivity contribution < 1.29 is 9.59 Å². The number of rotatable bonds is 9. The number of carbonyl (C=O) groups excluding carboxylic acids is 2. The molecule has 5 N–H and O–H groups in total. The topological polar surface area (TPSA) is 96.2 Å². The van der Waals surface area contributed by atoms with Crippen molar-refractivity contribution in [1.82, 2.24) is 16.0 Å². The van der Waals surface area contributed by atoms with Crippen LogP contribution in [0.25, 0.3) is 0 Å². The van der Waals surface area contributed by atoms with Gasteiger partial charge in [-0.2, -0.15) is 0 Å². The van der Waals surface area contributed by atoms with Crippen LogP contribution in [0.1, 0.15) is 64.7 Å². The molecule has 0 aromatic heterocycles. The van der Waals surface area contributed by atoms with E-state index < -0.39 is 12.1 Å². The zero-order valence-corrected chi connectivity index (χ0v) is 15.1. The Kier molecular flexibility index (Phi) is 12.8. The molecule has 1 fully saturated rings. The van der Waals surface area contributed by atoms with E-state index >= 15 is 0 Å². The Bertz CT molecular complexity index is 334. The minimum atomic E-state index is -0.646. The Morgan fingerprint density at radius 2 is 1.78 bits per heavy atom. The van der Waals surface area contributed by atoms with Gasteiger partial charge in [-0.15, -0.1) is 12.4 Å². The third kappa shape index (κ3) is 10.4. The molecule has 6 nitrogen and oxygen atoms in total. The second kappa shape index (κ2) is 13.4. The van der Waals surface area contributed by atoms with Gasteiger partial charge in [-0.05, 0) is 19.3 Å². The smallest absolute Gasteiger partial charge is 0.312 e. The lowest BCUT2D eigenvalue weighted by molar-refractivity contribution is -0.123. The lowest BCUT2D eigenvalue weighted by Crippen LogP contribution is -2.49. The number of unbranched alkanes of at least 4 members (excludes halogenated alkanes) is 1. The van der Waals surface area contributed by atoms with E-state index in [1.807, 2.05) is 0 Å². The van der Waals surface area contributed by atoms with Gasteiger partial charge >= 0.3 is 6.03 Å². The van der Waals surface area contributed by atoms with Crippen molar-refractivity contribution in [1.29, 1.82) is 0 Å². The van der Waals surface area contributed by atoms with Crippen molar-refractivity contribution >= 4 is 24.3 Å². The highest BCUT2D eigenvalue weighted by Crippen LogP contribution is 2.16. The first-order chi connectivity index (χ1) is 10.6. The number of nitrogens with one attached hydrogen (secondary N) is 3. The van der Waals surface area contributed by atoms with Gasteiger partial charge < -0.3 is 21.7 Å². The largest absolute Gasteiger partial charge is 0.353 e. The molecule has 0 aromatic carbocycles. The van der Waals surface area contributed by atoms with E-state index in [0.29, 0.717) is 19.0 Å². The van der Waals surface area contributed by atoms with Crippen molar-refractivity contribution in [3.63, 3.8) is 0 Å². The third-order valence-corrected chi connectivity index (χ3v) is 4.19. The van der Waals surface area contributed by atoms with Crippen LogP contribution in [-0.2, 0) is 4.79 Å². The summed E-state index contributed by atoms with van der Waals surface area (Å²) in [5, 5.41) is 8.91. The lowest BCUT2D eigenvalue weighted by atomic mass is 10.1. The maximum absolute atomic E-state index is 12.1. The molecule has 0 heterocycles. The fourth-order valence-electron chi connectivity index (χ4n) is 2.92. The van der Waals surface area contributed by atoms with Gasteiger partial charge in [0.1, 0.15) is 6.04 Å².